The molecule has 0 saturated carbocycles. The molecule has 1 aromatic carbocycles. The van der Waals surface area contributed by atoms with Crippen molar-refractivity contribution in [2.45, 2.75) is 0 Å². The Morgan fingerprint density at radius 1 is 1.47 bits per heavy atom. The summed E-state index contributed by atoms with van der Waals surface area (Å²) in [4.78, 5) is 22.3. The Bertz CT molecular complexity index is 462. The molecule has 0 fully saturated rings. The quantitative estimate of drug-likeness (QED) is 0.434. The number of nitrogens with zero attached hydrogens (tertiary/aromatic N) is 1. The number of ketones is 1. The Morgan fingerprint density at radius 3 is 2.60 bits per heavy atom. The summed E-state index contributed by atoms with van der Waals surface area (Å²) in [7, 11) is 1.11. The molecule has 0 saturated heterocycles. The number of esters is 1. The predicted molar refractivity (Wildman–Crippen MR) is 52.5 cm³/mol. The van der Waals surface area contributed by atoms with Crippen molar-refractivity contribution < 1.29 is 14.3 Å². The van der Waals surface area contributed by atoms with E-state index in [1.54, 1.807) is 0 Å². The van der Waals surface area contributed by atoms with Gasteiger partial charge in [0.15, 0.2) is 0 Å². The smallest absolute Gasteiger partial charge is 0.379 e. The topological polar surface area (TPSA) is 67.2 Å². The minimum Gasteiger partial charge on any atom is -0.463 e. The first-order valence-electron chi connectivity index (χ1n) is 3.92. The molecule has 15 heavy (non-hydrogen) atoms. The monoisotopic (exact) mass is 223 g/mol. The highest BCUT2D eigenvalue weighted by atomic mass is 35.5. The van der Waals surface area contributed by atoms with Gasteiger partial charge in [0.25, 0.3) is 5.78 Å². The Labute approximate surface area is 91.0 Å². The third-order valence-electron chi connectivity index (χ3n) is 1.71. The van der Waals surface area contributed by atoms with Crippen molar-refractivity contribution in [3.8, 4) is 6.07 Å². The van der Waals surface area contributed by atoms with E-state index in [9.17, 15) is 9.59 Å². The zero-order valence-electron chi connectivity index (χ0n) is 7.78. The molecule has 4 nitrogen and oxygen atoms in total. The van der Waals surface area contributed by atoms with Gasteiger partial charge < -0.3 is 4.74 Å². The molecule has 0 radical (unpaired) electrons. The third-order valence-corrected chi connectivity index (χ3v) is 2.03. The van der Waals surface area contributed by atoms with E-state index in [1.807, 2.05) is 6.07 Å². The molecule has 0 spiro atoms. The molecule has 1 aromatic rings. The van der Waals surface area contributed by atoms with Crippen molar-refractivity contribution in [1.29, 1.82) is 5.26 Å². The first-order chi connectivity index (χ1) is 7.10. The van der Waals surface area contributed by atoms with Crippen LogP contribution in [-0.2, 0) is 9.53 Å². The number of ether oxygens (including phenoxy) is 1. The molecule has 76 valence electrons. The van der Waals surface area contributed by atoms with E-state index in [-0.39, 0.29) is 10.6 Å². The molecule has 5 heteroatoms. The number of rotatable bonds is 2. The highest BCUT2D eigenvalue weighted by Crippen LogP contribution is 2.18. The van der Waals surface area contributed by atoms with Gasteiger partial charge in [-0.2, -0.15) is 5.26 Å². The Hall–Kier alpha value is -1.86. The highest BCUT2D eigenvalue weighted by Gasteiger charge is 2.19. The van der Waals surface area contributed by atoms with Crippen molar-refractivity contribution in [2.75, 3.05) is 7.11 Å². The fourth-order valence-corrected chi connectivity index (χ4v) is 1.24. The Balaban J connectivity index is 3.13. The highest BCUT2D eigenvalue weighted by molar-refractivity contribution is 6.45. The number of hydrogen-bond donors (Lipinski definition) is 0. The van der Waals surface area contributed by atoms with E-state index >= 15 is 0 Å². The van der Waals surface area contributed by atoms with Crippen LogP contribution in [0.5, 0.6) is 0 Å². The number of Topliss-reactive ketones (excluding diaryl/α,β-unsaturated/α-hetero) is 1. The van der Waals surface area contributed by atoms with E-state index in [4.69, 9.17) is 16.9 Å². The maximum absolute atomic E-state index is 11.4. The molecule has 0 aromatic heterocycles. The molecule has 0 N–H and O–H groups in total. The number of benzene rings is 1. The summed E-state index contributed by atoms with van der Waals surface area (Å²) in [6.45, 7) is 0. The number of carbonyl (C=O) groups excluding carboxylic acids is 2. The molecule has 0 atom stereocenters. The summed E-state index contributed by atoms with van der Waals surface area (Å²) in [5, 5.41) is 8.62. The zero-order chi connectivity index (χ0) is 11.4. The summed E-state index contributed by atoms with van der Waals surface area (Å²) in [5.41, 5.74) is 0.351. The minimum atomic E-state index is -0.985. The lowest BCUT2D eigenvalue weighted by molar-refractivity contribution is -0.135. The van der Waals surface area contributed by atoms with Gasteiger partial charge in [-0.3, -0.25) is 4.79 Å². The van der Waals surface area contributed by atoms with E-state index in [2.05, 4.69) is 4.74 Å². The van der Waals surface area contributed by atoms with Gasteiger partial charge in [0.05, 0.1) is 23.8 Å². The molecule has 0 aliphatic heterocycles. The predicted octanol–water partition coefficient (Wildman–Crippen LogP) is 1.57. The van der Waals surface area contributed by atoms with E-state index in [0.29, 0.717) is 5.56 Å². The number of methoxy groups -OCH3 is 1. The molecule has 0 heterocycles. The van der Waals surface area contributed by atoms with Crippen LogP contribution in [-0.4, -0.2) is 18.9 Å². The zero-order valence-corrected chi connectivity index (χ0v) is 8.54. The summed E-state index contributed by atoms with van der Waals surface area (Å²) in [6.07, 6.45) is 0. The van der Waals surface area contributed by atoms with Gasteiger partial charge in [-0.15, -0.1) is 0 Å². The van der Waals surface area contributed by atoms with Crippen molar-refractivity contribution in [1.82, 2.24) is 0 Å². The van der Waals surface area contributed by atoms with Gasteiger partial charge in [-0.05, 0) is 18.2 Å². The fourth-order valence-electron chi connectivity index (χ4n) is 0.971. The van der Waals surface area contributed by atoms with Crippen LogP contribution in [0.4, 0.5) is 0 Å². The molecule has 1 rings (SSSR count). The number of hydrogen-bond acceptors (Lipinski definition) is 4. The average Bonchev–Trinajstić information content (AvgIpc) is 2.26. The maximum Gasteiger partial charge on any atom is 0.379 e. The van der Waals surface area contributed by atoms with Gasteiger partial charge in [0.1, 0.15) is 0 Å². The molecule has 0 aliphatic carbocycles. The first kappa shape index (κ1) is 11.2. The van der Waals surface area contributed by atoms with Crippen molar-refractivity contribution in [3.05, 3.63) is 34.3 Å². The van der Waals surface area contributed by atoms with Crippen LogP contribution in [0.2, 0.25) is 5.02 Å². The average molecular weight is 224 g/mol. The van der Waals surface area contributed by atoms with Gasteiger partial charge in [-0.25, -0.2) is 4.79 Å². The summed E-state index contributed by atoms with van der Waals surface area (Å²) < 4.78 is 4.27. The van der Waals surface area contributed by atoms with Crippen LogP contribution in [0.3, 0.4) is 0 Å². The molecule has 0 aliphatic rings. The second kappa shape index (κ2) is 4.58. The molecule has 0 bridgehead atoms. The lowest BCUT2D eigenvalue weighted by atomic mass is 10.1. The van der Waals surface area contributed by atoms with Crippen LogP contribution in [0.15, 0.2) is 18.2 Å². The summed E-state index contributed by atoms with van der Waals surface area (Å²) >= 11 is 5.72. The second-order valence-corrected chi connectivity index (χ2v) is 3.03. The second-order valence-electron chi connectivity index (χ2n) is 2.63. The molecule has 0 unspecified atom stereocenters. The number of nitriles is 1. The normalized spacial score (nSPS) is 9.13. The molecular formula is C10H6ClNO3. The lowest BCUT2D eigenvalue weighted by Gasteiger charge is -2.01. The minimum absolute atomic E-state index is 0.0301. The summed E-state index contributed by atoms with van der Waals surface area (Å²) in [6, 6.07) is 5.91. The largest absolute Gasteiger partial charge is 0.463 e. The van der Waals surface area contributed by atoms with Crippen LogP contribution < -0.4 is 0 Å². The SMILES string of the molecule is COC(=O)C(=O)c1ccc(C#N)cc1Cl. The standard InChI is InChI=1S/C10H6ClNO3/c1-15-10(14)9(13)7-3-2-6(5-12)4-8(7)11/h2-4H,1H3. The lowest BCUT2D eigenvalue weighted by Crippen LogP contribution is -2.16. The van der Waals surface area contributed by atoms with Gasteiger partial charge >= 0.3 is 5.97 Å². The van der Waals surface area contributed by atoms with E-state index in [1.165, 1.54) is 18.2 Å². The van der Waals surface area contributed by atoms with Crippen LogP contribution in [0.25, 0.3) is 0 Å². The van der Waals surface area contributed by atoms with Crippen molar-refractivity contribution >= 4 is 23.4 Å². The molecular weight excluding hydrogens is 218 g/mol. The van der Waals surface area contributed by atoms with Gasteiger partial charge in [0, 0.05) is 5.56 Å². The van der Waals surface area contributed by atoms with Crippen molar-refractivity contribution in [2.24, 2.45) is 0 Å². The van der Waals surface area contributed by atoms with Gasteiger partial charge in [-0.1, -0.05) is 11.6 Å². The fraction of sp³-hybridized carbons (Fsp3) is 0.100. The summed E-state index contributed by atoms with van der Waals surface area (Å²) in [5.74, 6) is -1.81. The van der Waals surface area contributed by atoms with Gasteiger partial charge in [0.2, 0.25) is 0 Å². The van der Waals surface area contributed by atoms with E-state index < -0.39 is 11.8 Å². The Morgan fingerprint density at radius 2 is 2.13 bits per heavy atom. The molecule has 0 amide bonds. The van der Waals surface area contributed by atoms with Crippen LogP contribution in [0.1, 0.15) is 15.9 Å². The van der Waals surface area contributed by atoms with Crippen LogP contribution in [0, 0.1) is 11.3 Å². The van der Waals surface area contributed by atoms with Crippen molar-refractivity contribution in [3.63, 3.8) is 0 Å². The number of carbonyl (C=O) groups is 2. The maximum atomic E-state index is 11.4. The van der Waals surface area contributed by atoms with Crippen LogP contribution >= 0.6 is 11.6 Å². The first-order valence-corrected chi connectivity index (χ1v) is 4.30. The Kier molecular flexibility index (Phi) is 3.42. The van der Waals surface area contributed by atoms with E-state index in [0.717, 1.165) is 7.11 Å². The number of halogens is 1. The third kappa shape index (κ3) is 2.33.